The van der Waals surface area contributed by atoms with Gasteiger partial charge in [0.1, 0.15) is 0 Å². The molecule has 0 saturated heterocycles. The number of pyridine rings is 1. The summed E-state index contributed by atoms with van der Waals surface area (Å²) in [7, 11) is 0. The molecule has 12 aromatic rings. The van der Waals surface area contributed by atoms with Crippen LogP contribution in [0.1, 0.15) is 0 Å². The van der Waals surface area contributed by atoms with Gasteiger partial charge in [-0.25, -0.2) is 19.9 Å². The molecule has 0 saturated carbocycles. The van der Waals surface area contributed by atoms with Gasteiger partial charge < -0.3 is 4.57 Å². The van der Waals surface area contributed by atoms with Crippen molar-refractivity contribution in [3.05, 3.63) is 224 Å². The lowest BCUT2D eigenvalue weighted by Gasteiger charge is -2.14. The van der Waals surface area contributed by atoms with Gasteiger partial charge in [0.15, 0.2) is 17.5 Å². The lowest BCUT2D eigenvalue weighted by atomic mass is 9.96. The average Bonchev–Trinajstić information content (AvgIpc) is 3.71. The van der Waals surface area contributed by atoms with Crippen LogP contribution in [0.15, 0.2) is 224 Å². The molecule has 5 heteroatoms. The molecule has 0 spiro atoms. The Morgan fingerprint density at radius 3 is 1.40 bits per heavy atom. The molecule has 0 aliphatic carbocycles. The number of benzene rings is 9. The summed E-state index contributed by atoms with van der Waals surface area (Å²) in [6.45, 7) is 0. The van der Waals surface area contributed by atoms with Crippen LogP contribution in [0.5, 0.6) is 0 Å². The third-order valence-corrected chi connectivity index (χ3v) is 12.0. The molecule has 3 aromatic heterocycles. The van der Waals surface area contributed by atoms with Crippen LogP contribution in [0.2, 0.25) is 0 Å². The Kier molecular flexibility index (Phi) is 8.75. The minimum atomic E-state index is 0.632. The summed E-state index contributed by atoms with van der Waals surface area (Å²) in [6, 6.07) is 78.8. The minimum Gasteiger partial charge on any atom is -0.309 e. The highest BCUT2D eigenvalue weighted by atomic mass is 15.0. The van der Waals surface area contributed by atoms with Crippen molar-refractivity contribution in [1.29, 1.82) is 0 Å². The Bertz CT molecular complexity index is 3600. The summed E-state index contributed by atoms with van der Waals surface area (Å²) in [5.74, 6) is 1.92. The standard InChI is InChI=1S/C58H37N5/c1-5-17-38(18-6-1)54-49-33-32-47-50-37-44(31-34-52(50)63(46-27-11-4-12-28-46)55(47)53(49)48-29-13-14-30-51(48)59-54)42-24-15-23-41(35-42)43-25-16-26-45(36-43)58-61-56(39-19-7-2-8-20-39)60-57(62-58)40-21-9-3-10-22-40/h1-37H. The first kappa shape index (κ1) is 36.3. The molecule has 0 aliphatic rings. The molecule has 294 valence electrons. The normalized spacial score (nSPS) is 11.5. The average molecular weight is 804 g/mol. The van der Waals surface area contributed by atoms with Crippen molar-refractivity contribution in [2.45, 2.75) is 0 Å². The van der Waals surface area contributed by atoms with Gasteiger partial charge in [-0.15, -0.1) is 0 Å². The Morgan fingerprint density at radius 2 is 0.762 bits per heavy atom. The molecule has 9 aromatic carbocycles. The van der Waals surface area contributed by atoms with E-state index in [-0.39, 0.29) is 0 Å². The predicted molar refractivity (Wildman–Crippen MR) is 260 cm³/mol. The lowest BCUT2D eigenvalue weighted by Crippen LogP contribution is -2.00. The topological polar surface area (TPSA) is 56.5 Å². The molecule has 0 unspecified atom stereocenters. The fourth-order valence-corrected chi connectivity index (χ4v) is 9.04. The lowest BCUT2D eigenvalue weighted by molar-refractivity contribution is 1.07. The summed E-state index contributed by atoms with van der Waals surface area (Å²) in [6.07, 6.45) is 0. The van der Waals surface area contributed by atoms with Crippen molar-refractivity contribution in [1.82, 2.24) is 24.5 Å². The van der Waals surface area contributed by atoms with E-state index < -0.39 is 0 Å². The van der Waals surface area contributed by atoms with Crippen LogP contribution in [0.25, 0.3) is 117 Å². The van der Waals surface area contributed by atoms with Gasteiger partial charge in [-0.1, -0.05) is 182 Å². The van der Waals surface area contributed by atoms with Crippen molar-refractivity contribution < 1.29 is 0 Å². The molecule has 63 heavy (non-hydrogen) atoms. The molecule has 0 aliphatic heterocycles. The number of nitrogens with zero attached hydrogens (tertiary/aromatic N) is 5. The number of aromatic nitrogens is 5. The van der Waals surface area contributed by atoms with Gasteiger partial charge in [0.05, 0.1) is 22.2 Å². The van der Waals surface area contributed by atoms with Crippen LogP contribution in [0.4, 0.5) is 0 Å². The quantitative estimate of drug-likeness (QED) is 0.151. The third-order valence-electron chi connectivity index (χ3n) is 12.0. The maximum atomic E-state index is 5.26. The fraction of sp³-hybridized carbons (Fsp3) is 0. The molecular weight excluding hydrogens is 767 g/mol. The van der Waals surface area contributed by atoms with Gasteiger partial charge in [-0.2, -0.15) is 0 Å². The van der Waals surface area contributed by atoms with Crippen molar-refractivity contribution in [3.8, 4) is 73.4 Å². The smallest absolute Gasteiger partial charge is 0.164 e. The summed E-state index contributed by atoms with van der Waals surface area (Å²) in [4.78, 5) is 20.2. The predicted octanol–water partition coefficient (Wildman–Crippen LogP) is 14.7. The van der Waals surface area contributed by atoms with E-state index in [1.807, 2.05) is 60.7 Å². The van der Waals surface area contributed by atoms with Gasteiger partial charge in [0, 0.05) is 54.9 Å². The zero-order valence-electron chi connectivity index (χ0n) is 34.1. The van der Waals surface area contributed by atoms with E-state index in [0.717, 1.165) is 77.7 Å². The van der Waals surface area contributed by atoms with E-state index in [9.17, 15) is 0 Å². The number of hydrogen-bond donors (Lipinski definition) is 0. The molecule has 0 N–H and O–H groups in total. The van der Waals surface area contributed by atoms with Crippen LogP contribution < -0.4 is 0 Å². The van der Waals surface area contributed by atoms with Crippen LogP contribution in [-0.2, 0) is 0 Å². The first-order valence-electron chi connectivity index (χ1n) is 21.2. The van der Waals surface area contributed by atoms with E-state index >= 15 is 0 Å². The molecule has 0 bridgehead atoms. The molecular formula is C58H37N5. The zero-order chi connectivity index (χ0) is 41.7. The minimum absolute atomic E-state index is 0.632. The number of hydrogen-bond acceptors (Lipinski definition) is 4. The van der Waals surface area contributed by atoms with E-state index in [1.165, 1.54) is 21.7 Å². The highest BCUT2D eigenvalue weighted by Crippen LogP contribution is 2.43. The van der Waals surface area contributed by atoms with Crippen molar-refractivity contribution in [3.63, 3.8) is 0 Å². The second-order valence-corrected chi connectivity index (χ2v) is 15.8. The summed E-state index contributed by atoms with van der Waals surface area (Å²) < 4.78 is 2.44. The van der Waals surface area contributed by atoms with Gasteiger partial charge in [-0.05, 0) is 64.7 Å². The van der Waals surface area contributed by atoms with E-state index in [1.54, 1.807) is 0 Å². The Balaban J connectivity index is 1.01. The molecule has 0 fully saturated rings. The highest BCUT2D eigenvalue weighted by molar-refractivity contribution is 6.27. The van der Waals surface area contributed by atoms with Crippen molar-refractivity contribution >= 4 is 43.5 Å². The van der Waals surface area contributed by atoms with E-state index in [0.29, 0.717) is 17.5 Å². The first-order chi connectivity index (χ1) is 31.2. The fourth-order valence-electron chi connectivity index (χ4n) is 9.04. The van der Waals surface area contributed by atoms with Gasteiger partial charge in [-0.3, -0.25) is 0 Å². The van der Waals surface area contributed by atoms with Gasteiger partial charge in [0.25, 0.3) is 0 Å². The summed E-state index contributed by atoms with van der Waals surface area (Å²) in [5.41, 5.74) is 13.8. The van der Waals surface area contributed by atoms with Crippen LogP contribution in [0.3, 0.4) is 0 Å². The Morgan fingerprint density at radius 1 is 0.286 bits per heavy atom. The molecule has 0 amide bonds. The number of fused-ring (bicyclic) bond motifs is 7. The van der Waals surface area contributed by atoms with E-state index in [4.69, 9.17) is 19.9 Å². The number of rotatable bonds is 7. The second kappa shape index (κ2) is 15.2. The van der Waals surface area contributed by atoms with Crippen LogP contribution in [-0.4, -0.2) is 24.5 Å². The summed E-state index contributed by atoms with van der Waals surface area (Å²) in [5, 5.41) is 5.86. The molecule has 0 radical (unpaired) electrons. The SMILES string of the molecule is c1ccc(-c2nc(-c3ccccc3)nc(-c3cccc(-c4cccc(-c5ccc6c(c5)c5ccc7c(-c8ccccc8)nc8ccccc8c7c5n6-c5ccccc5)c4)c3)n2)cc1. The van der Waals surface area contributed by atoms with Gasteiger partial charge >= 0.3 is 0 Å². The highest BCUT2D eigenvalue weighted by Gasteiger charge is 2.21. The Labute approximate surface area is 364 Å². The largest absolute Gasteiger partial charge is 0.309 e. The van der Waals surface area contributed by atoms with E-state index in [2.05, 4.69) is 168 Å². The third kappa shape index (κ3) is 6.42. The first-order valence-corrected chi connectivity index (χ1v) is 21.2. The molecule has 5 nitrogen and oxygen atoms in total. The summed E-state index contributed by atoms with van der Waals surface area (Å²) >= 11 is 0. The molecule has 12 rings (SSSR count). The van der Waals surface area contributed by atoms with Crippen LogP contribution in [0, 0.1) is 0 Å². The van der Waals surface area contributed by atoms with Crippen molar-refractivity contribution in [2.75, 3.05) is 0 Å². The maximum Gasteiger partial charge on any atom is 0.164 e. The van der Waals surface area contributed by atoms with Crippen molar-refractivity contribution in [2.24, 2.45) is 0 Å². The zero-order valence-corrected chi connectivity index (χ0v) is 34.1. The maximum absolute atomic E-state index is 5.26. The number of para-hydroxylation sites is 2. The van der Waals surface area contributed by atoms with Gasteiger partial charge in [0.2, 0.25) is 0 Å². The molecule has 3 heterocycles. The second-order valence-electron chi connectivity index (χ2n) is 15.8. The Hall–Kier alpha value is -8.54. The monoisotopic (exact) mass is 803 g/mol. The van der Waals surface area contributed by atoms with Crippen LogP contribution >= 0.6 is 0 Å². The molecule has 0 atom stereocenters.